The van der Waals surface area contributed by atoms with Gasteiger partial charge in [0.2, 0.25) is 0 Å². The number of morpholine rings is 1. The number of rotatable bonds is 4. The predicted molar refractivity (Wildman–Crippen MR) is 105 cm³/mol. The molecule has 4 rings (SSSR count). The number of carbonyl (C=O) groups excluding carboxylic acids is 1. The molecule has 0 aliphatic carbocycles. The lowest BCUT2D eigenvalue weighted by atomic mass is 10.1. The van der Waals surface area contributed by atoms with Gasteiger partial charge >= 0.3 is 0 Å². The third-order valence-electron chi connectivity index (χ3n) is 5.53. The van der Waals surface area contributed by atoms with Crippen molar-refractivity contribution in [2.75, 3.05) is 39.4 Å². The van der Waals surface area contributed by atoms with E-state index in [9.17, 15) is 4.79 Å². The summed E-state index contributed by atoms with van der Waals surface area (Å²) < 4.78 is 7.19. The van der Waals surface area contributed by atoms with E-state index in [1.165, 1.54) is 0 Å². The fraction of sp³-hybridized carbons (Fsp3) is 0.500. The fourth-order valence-corrected chi connectivity index (χ4v) is 4.23. The Morgan fingerprint density at radius 2 is 2.04 bits per heavy atom. The second-order valence-electron chi connectivity index (χ2n) is 7.21. The van der Waals surface area contributed by atoms with Gasteiger partial charge in [-0.1, -0.05) is 23.7 Å². The molecule has 6 nitrogen and oxygen atoms in total. The number of benzene rings is 1. The highest BCUT2D eigenvalue weighted by molar-refractivity contribution is 6.32. The predicted octanol–water partition coefficient (Wildman–Crippen LogP) is 2.77. The number of likely N-dealkylation sites (tertiary alicyclic amines) is 1. The summed E-state index contributed by atoms with van der Waals surface area (Å²) in [6.07, 6.45) is 3.78. The highest BCUT2D eigenvalue weighted by Gasteiger charge is 2.32. The van der Waals surface area contributed by atoms with E-state index in [0.717, 1.165) is 63.6 Å². The molecule has 0 radical (unpaired) electrons. The van der Waals surface area contributed by atoms with Crippen molar-refractivity contribution in [3.63, 3.8) is 0 Å². The van der Waals surface area contributed by atoms with Gasteiger partial charge in [0.05, 0.1) is 41.4 Å². The lowest BCUT2D eigenvalue weighted by Gasteiger charge is -2.32. The zero-order valence-corrected chi connectivity index (χ0v) is 16.4. The average molecular weight is 389 g/mol. The van der Waals surface area contributed by atoms with Crippen molar-refractivity contribution in [2.45, 2.75) is 25.8 Å². The fourth-order valence-electron chi connectivity index (χ4n) is 4.02. The first-order valence-corrected chi connectivity index (χ1v) is 9.93. The molecule has 7 heteroatoms. The van der Waals surface area contributed by atoms with Gasteiger partial charge in [0.15, 0.2) is 0 Å². The molecular weight excluding hydrogens is 364 g/mol. The number of hydrogen-bond acceptors (Lipinski definition) is 4. The van der Waals surface area contributed by atoms with Crippen molar-refractivity contribution < 1.29 is 9.53 Å². The van der Waals surface area contributed by atoms with Crippen molar-refractivity contribution in [1.82, 2.24) is 19.6 Å². The Kier molecular flexibility index (Phi) is 5.48. The molecule has 2 saturated heterocycles. The normalized spacial score (nSPS) is 21.0. The largest absolute Gasteiger partial charge is 0.379 e. The minimum Gasteiger partial charge on any atom is -0.379 e. The summed E-state index contributed by atoms with van der Waals surface area (Å²) in [7, 11) is 0. The maximum Gasteiger partial charge on any atom is 0.257 e. The van der Waals surface area contributed by atoms with Crippen LogP contribution in [0.3, 0.4) is 0 Å². The molecule has 0 saturated carbocycles. The van der Waals surface area contributed by atoms with Crippen LogP contribution in [0.25, 0.3) is 5.69 Å². The summed E-state index contributed by atoms with van der Waals surface area (Å²) in [5.41, 5.74) is 2.27. The molecule has 1 atom stereocenters. The summed E-state index contributed by atoms with van der Waals surface area (Å²) in [5.74, 6) is 0.0709. The van der Waals surface area contributed by atoms with Crippen LogP contribution >= 0.6 is 11.6 Å². The number of halogens is 1. The van der Waals surface area contributed by atoms with E-state index < -0.39 is 0 Å². The van der Waals surface area contributed by atoms with Crippen LogP contribution in [0.4, 0.5) is 0 Å². The van der Waals surface area contributed by atoms with E-state index in [2.05, 4.69) is 10.00 Å². The molecule has 1 aromatic heterocycles. The molecule has 3 heterocycles. The molecule has 1 aromatic carbocycles. The van der Waals surface area contributed by atoms with Crippen LogP contribution < -0.4 is 0 Å². The Labute approximate surface area is 164 Å². The van der Waals surface area contributed by atoms with Gasteiger partial charge in [-0.3, -0.25) is 9.69 Å². The molecule has 1 unspecified atom stereocenters. The number of amides is 1. The number of carbonyl (C=O) groups is 1. The summed E-state index contributed by atoms with van der Waals surface area (Å²) in [4.78, 5) is 17.7. The van der Waals surface area contributed by atoms with Crippen LogP contribution in [-0.4, -0.2) is 70.9 Å². The first-order chi connectivity index (χ1) is 13.1. The van der Waals surface area contributed by atoms with Crippen LogP contribution in [-0.2, 0) is 4.74 Å². The molecule has 2 fully saturated rings. The number of ether oxygens (including phenoxy) is 1. The van der Waals surface area contributed by atoms with Crippen molar-refractivity contribution >= 4 is 17.5 Å². The molecule has 2 aromatic rings. The average Bonchev–Trinajstić information content (AvgIpc) is 3.29. The van der Waals surface area contributed by atoms with Crippen LogP contribution in [0.5, 0.6) is 0 Å². The van der Waals surface area contributed by atoms with Crippen LogP contribution in [0.1, 0.15) is 28.9 Å². The lowest BCUT2D eigenvalue weighted by Crippen LogP contribution is -2.46. The Hall–Kier alpha value is -1.89. The Bertz CT molecular complexity index is 816. The van der Waals surface area contributed by atoms with Gasteiger partial charge in [-0.15, -0.1) is 0 Å². The van der Waals surface area contributed by atoms with Gasteiger partial charge in [-0.2, -0.15) is 5.10 Å². The monoisotopic (exact) mass is 388 g/mol. The number of para-hydroxylation sites is 1. The quantitative estimate of drug-likeness (QED) is 0.808. The van der Waals surface area contributed by atoms with Gasteiger partial charge in [0, 0.05) is 32.2 Å². The van der Waals surface area contributed by atoms with E-state index in [-0.39, 0.29) is 11.9 Å². The summed E-state index contributed by atoms with van der Waals surface area (Å²) in [5, 5.41) is 5.06. The molecule has 2 aliphatic heterocycles. The molecule has 0 bridgehead atoms. The second-order valence-corrected chi connectivity index (χ2v) is 7.62. The number of aromatic nitrogens is 2. The van der Waals surface area contributed by atoms with Crippen molar-refractivity contribution in [3.8, 4) is 5.69 Å². The molecule has 0 spiro atoms. The Morgan fingerprint density at radius 1 is 1.26 bits per heavy atom. The van der Waals surface area contributed by atoms with Gasteiger partial charge < -0.3 is 9.64 Å². The summed E-state index contributed by atoms with van der Waals surface area (Å²) >= 11 is 6.31. The SMILES string of the molecule is Cc1c(C(=O)N2CCCC2CN2CCOCC2)cnn1-c1ccccc1Cl. The van der Waals surface area contributed by atoms with Gasteiger partial charge in [0.1, 0.15) is 0 Å². The molecule has 27 heavy (non-hydrogen) atoms. The van der Waals surface area contributed by atoms with Gasteiger partial charge in [-0.05, 0) is 31.9 Å². The lowest BCUT2D eigenvalue weighted by molar-refractivity contribution is 0.0261. The number of nitrogens with zero attached hydrogens (tertiary/aromatic N) is 4. The van der Waals surface area contributed by atoms with E-state index in [1.54, 1.807) is 10.9 Å². The topological polar surface area (TPSA) is 50.6 Å². The van der Waals surface area contributed by atoms with E-state index in [4.69, 9.17) is 16.3 Å². The minimum absolute atomic E-state index is 0.0709. The molecule has 144 valence electrons. The first-order valence-electron chi connectivity index (χ1n) is 9.56. The van der Waals surface area contributed by atoms with E-state index in [0.29, 0.717) is 10.6 Å². The first kappa shape index (κ1) is 18.5. The highest BCUT2D eigenvalue weighted by Crippen LogP contribution is 2.25. The third-order valence-corrected chi connectivity index (χ3v) is 5.85. The van der Waals surface area contributed by atoms with Crippen molar-refractivity contribution in [2.24, 2.45) is 0 Å². The highest BCUT2D eigenvalue weighted by atomic mass is 35.5. The zero-order chi connectivity index (χ0) is 18.8. The smallest absolute Gasteiger partial charge is 0.257 e. The van der Waals surface area contributed by atoms with Gasteiger partial charge in [-0.25, -0.2) is 4.68 Å². The molecule has 2 aliphatic rings. The van der Waals surface area contributed by atoms with Crippen LogP contribution in [0.15, 0.2) is 30.5 Å². The third kappa shape index (κ3) is 3.74. The van der Waals surface area contributed by atoms with Crippen molar-refractivity contribution in [1.29, 1.82) is 0 Å². The van der Waals surface area contributed by atoms with Crippen LogP contribution in [0, 0.1) is 6.92 Å². The van der Waals surface area contributed by atoms with Gasteiger partial charge in [0.25, 0.3) is 5.91 Å². The standard InChI is InChI=1S/C20H25ClN4O2/c1-15-17(13-22-25(15)19-7-3-2-6-18(19)21)20(26)24-8-4-5-16(24)14-23-9-11-27-12-10-23/h2-3,6-7,13,16H,4-5,8-12,14H2,1H3. The van der Waals surface area contributed by atoms with Crippen molar-refractivity contribution in [3.05, 3.63) is 46.7 Å². The maximum atomic E-state index is 13.2. The summed E-state index contributed by atoms with van der Waals surface area (Å²) in [6.45, 7) is 7.12. The van der Waals surface area contributed by atoms with Crippen LogP contribution in [0.2, 0.25) is 5.02 Å². The Morgan fingerprint density at radius 3 is 2.81 bits per heavy atom. The second kappa shape index (κ2) is 8.00. The zero-order valence-electron chi connectivity index (χ0n) is 15.6. The molecular formula is C20H25ClN4O2. The maximum absolute atomic E-state index is 13.2. The number of hydrogen-bond donors (Lipinski definition) is 0. The molecule has 0 N–H and O–H groups in total. The summed E-state index contributed by atoms with van der Waals surface area (Å²) in [6, 6.07) is 7.81. The van der Waals surface area contributed by atoms with E-state index in [1.807, 2.05) is 36.1 Å². The van der Waals surface area contributed by atoms with E-state index >= 15 is 0 Å². The molecule has 1 amide bonds. The Balaban J connectivity index is 1.53. The minimum atomic E-state index is 0.0709.